The highest BCUT2D eigenvalue weighted by molar-refractivity contribution is 7.99. The van der Waals surface area contributed by atoms with Gasteiger partial charge in [-0.15, -0.1) is 0 Å². The van der Waals surface area contributed by atoms with E-state index in [0.29, 0.717) is 11.7 Å². The molecule has 1 aliphatic rings. The van der Waals surface area contributed by atoms with Crippen LogP contribution in [0.3, 0.4) is 0 Å². The maximum atomic E-state index is 12.0. The van der Waals surface area contributed by atoms with E-state index in [1.165, 1.54) is 6.42 Å². The van der Waals surface area contributed by atoms with Crippen LogP contribution in [0, 0.1) is 0 Å². The lowest BCUT2D eigenvalue weighted by Gasteiger charge is -2.19. The smallest absolute Gasteiger partial charge is 0.315 e. The number of urea groups is 1. The van der Waals surface area contributed by atoms with Gasteiger partial charge in [-0.2, -0.15) is 11.8 Å². The van der Waals surface area contributed by atoms with Gasteiger partial charge in [0.25, 0.3) is 0 Å². The maximum Gasteiger partial charge on any atom is 0.315 e. The van der Waals surface area contributed by atoms with Gasteiger partial charge in [0.1, 0.15) is 0 Å². The number of carbonyl (C=O) groups is 1. The molecule has 0 radical (unpaired) electrons. The minimum Gasteiger partial charge on any atom is -0.394 e. The Kier molecular flexibility index (Phi) is 6.39. The first-order valence-corrected chi connectivity index (χ1v) is 8.74. The topological polar surface area (TPSA) is 61.4 Å². The molecule has 21 heavy (non-hydrogen) atoms. The molecule has 2 rings (SSSR count). The zero-order chi connectivity index (χ0) is 15.1. The second kappa shape index (κ2) is 8.29. The van der Waals surface area contributed by atoms with Crippen LogP contribution in [0.5, 0.6) is 0 Å². The molecule has 4 nitrogen and oxygen atoms in total. The van der Waals surface area contributed by atoms with Gasteiger partial charge in [0, 0.05) is 11.3 Å². The minimum atomic E-state index is -0.245. The van der Waals surface area contributed by atoms with Crippen LogP contribution in [0.2, 0.25) is 0 Å². The van der Waals surface area contributed by atoms with Crippen molar-refractivity contribution in [3.05, 3.63) is 35.9 Å². The maximum absolute atomic E-state index is 12.0. The van der Waals surface area contributed by atoms with Crippen molar-refractivity contribution >= 4 is 17.8 Å². The number of nitrogens with one attached hydrogen (secondary N) is 2. The summed E-state index contributed by atoms with van der Waals surface area (Å²) in [5, 5.41) is 16.0. The first kappa shape index (κ1) is 16.2. The minimum absolute atomic E-state index is 0.0551. The summed E-state index contributed by atoms with van der Waals surface area (Å²) in [5.74, 6) is 0. The van der Waals surface area contributed by atoms with E-state index in [4.69, 9.17) is 0 Å². The highest BCUT2D eigenvalue weighted by Gasteiger charge is 2.25. The van der Waals surface area contributed by atoms with Gasteiger partial charge in [0.05, 0.1) is 12.6 Å². The fourth-order valence-corrected chi connectivity index (χ4v) is 3.55. The van der Waals surface area contributed by atoms with E-state index in [9.17, 15) is 9.90 Å². The van der Waals surface area contributed by atoms with Crippen LogP contribution < -0.4 is 10.6 Å². The Bertz CT molecular complexity index is 441. The third kappa shape index (κ3) is 5.25. The molecular weight excluding hydrogens is 284 g/mol. The zero-order valence-corrected chi connectivity index (χ0v) is 13.2. The Morgan fingerprint density at radius 1 is 1.38 bits per heavy atom. The third-order valence-corrected chi connectivity index (χ3v) is 5.03. The van der Waals surface area contributed by atoms with Crippen molar-refractivity contribution in [2.45, 2.75) is 43.0 Å². The molecule has 3 atom stereocenters. The number of thioether (sulfide) groups is 1. The molecule has 5 heteroatoms. The Balaban J connectivity index is 1.77. The second-order valence-electron chi connectivity index (χ2n) is 5.55. The molecule has 1 saturated carbocycles. The van der Waals surface area contributed by atoms with Crippen molar-refractivity contribution in [2.24, 2.45) is 0 Å². The average Bonchev–Trinajstić information content (AvgIpc) is 2.95. The van der Waals surface area contributed by atoms with E-state index < -0.39 is 0 Å². The van der Waals surface area contributed by atoms with Crippen LogP contribution >= 0.6 is 11.8 Å². The summed E-state index contributed by atoms with van der Waals surface area (Å²) in [6, 6.07) is 9.74. The lowest BCUT2D eigenvalue weighted by Crippen LogP contribution is -2.47. The van der Waals surface area contributed by atoms with Crippen LogP contribution in [0.4, 0.5) is 4.79 Å². The quantitative estimate of drug-likeness (QED) is 0.755. The number of aliphatic hydroxyl groups excluding tert-OH is 1. The molecule has 0 saturated heterocycles. The van der Waals surface area contributed by atoms with Crippen molar-refractivity contribution in [1.29, 1.82) is 0 Å². The molecule has 2 amide bonds. The van der Waals surface area contributed by atoms with E-state index in [1.807, 2.05) is 42.1 Å². The number of aliphatic hydroxyl groups is 1. The van der Waals surface area contributed by atoms with Gasteiger partial charge < -0.3 is 15.7 Å². The van der Waals surface area contributed by atoms with Gasteiger partial charge in [0.2, 0.25) is 0 Å². The molecule has 0 spiro atoms. The SMILES string of the molecule is CS[C@@H]1CC[C@H](NC(=O)N[C@H](CO)Cc2ccccc2)C1. The first-order valence-electron chi connectivity index (χ1n) is 7.46. The Labute approximate surface area is 130 Å². The molecular formula is C16H24N2O2S. The van der Waals surface area contributed by atoms with Gasteiger partial charge in [-0.25, -0.2) is 4.79 Å². The summed E-state index contributed by atoms with van der Waals surface area (Å²) in [5.41, 5.74) is 1.11. The molecule has 1 aromatic rings. The molecule has 0 aromatic heterocycles. The highest BCUT2D eigenvalue weighted by atomic mass is 32.2. The predicted octanol–water partition coefficient (Wildman–Crippen LogP) is 2.17. The number of benzene rings is 1. The van der Waals surface area contributed by atoms with Crippen molar-refractivity contribution < 1.29 is 9.90 Å². The lowest BCUT2D eigenvalue weighted by molar-refractivity contribution is 0.213. The average molecular weight is 308 g/mol. The van der Waals surface area contributed by atoms with E-state index >= 15 is 0 Å². The van der Waals surface area contributed by atoms with Gasteiger partial charge in [-0.3, -0.25) is 0 Å². The van der Waals surface area contributed by atoms with Crippen LogP contribution in [0.25, 0.3) is 0 Å². The summed E-state index contributed by atoms with van der Waals surface area (Å²) in [6.07, 6.45) is 6.01. The van der Waals surface area contributed by atoms with E-state index in [-0.39, 0.29) is 24.7 Å². The lowest BCUT2D eigenvalue weighted by atomic mass is 10.1. The monoisotopic (exact) mass is 308 g/mol. The Morgan fingerprint density at radius 2 is 2.14 bits per heavy atom. The summed E-state index contributed by atoms with van der Waals surface area (Å²) in [7, 11) is 0. The van der Waals surface area contributed by atoms with Crippen molar-refractivity contribution in [1.82, 2.24) is 10.6 Å². The van der Waals surface area contributed by atoms with Gasteiger partial charge in [0.15, 0.2) is 0 Å². The van der Waals surface area contributed by atoms with Gasteiger partial charge >= 0.3 is 6.03 Å². The van der Waals surface area contributed by atoms with Crippen molar-refractivity contribution in [3.63, 3.8) is 0 Å². The number of rotatable bonds is 6. The number of amides is 2. The van der Waals surface area contributed by atoms with Crippen LogP contribution in [-0.4, -0.2) is 41.3 Å². The molecule has 3 N–H and O–H groups in total. The summed E-state index contributed by atoms with van der Waals surface area (Å²) in [4.78, 5) is 12.0. The molecule has 1 aliphatic carbocycles. The summed E-state index contributed by atoms with van der Waals surface area (Å²) < 4.78 is 0. The van der Waals surface area contributed by atoms with Crippen LogP contribution in [0.15, 0.2) is 30.3 Å². The molecule has 1 aromatic carbocycles. The normalized spacial score (nSPS) is 22.8. The number of hydrogen-bond donors (Lipinski definition) is 3. The van der Waals surface area contributed by atoms with E-state index in [1.54, 1.807) is 0 Å². The standard InChI is InChI=1S/C16H24N2O2S/c1-21-15-8-7-13(10-15)17-16(20)18-14(11-19)9-12-5-3-2-4-6-12/h2-6,13-15,19H,7-11H2,1H3,(H2,17,18,20)/t13-,14-,15+/m0/s1. The van der Waals surface area contributed by atoms with Crippen LogP contribution in [-0.2, 0) is 6.42 Å². The summed E-state index contributed by atoms with van der Waals surface area (Å²) in [6.45, 7) is -0.0551. The fourth-order valence-electron chi connectivity index (χ4n) is 2.76. The predicted molar refractivity (Wildman–Crippen MR) is 87.6 cm³/mol. The fraction of sp³-hybridized carbons (Fsp3) is 0.562. The van der Waals surface area contributed by atoms with Crippen molar-refractivity contribution in [3.8, 4) is 0 Å². The molecule has 0 aliphatic heterocycles. The van der Waals surface area contributed by atoms with E-state index in [2.05, 4.69) is 16.9 Å². The molecule has 0 bridgehead atoms. The zero-order valence-electron chi connectivity index (χ0n) is 12.4. The molecule has 0 heterocycles. The number of hydrogen-bond acceptors (Lipinski definition) is 3. The largest absolute Gasteiger partial charge is 0.394 e. The third-order valence-electron chi connectivity index (χ3n) is 3.93. The van der Waals surface area contributed by atoms with Crippen LogP contribution in [0.1, 0.15) is 24.8 Å². The highest BCUT2D eigenvalue weighted by Crippen LogP contribution is 2.27. The van der Waals surface area contributed by atoms with E-state index in [0.717, 1.165) is 18.4 Å². The van der Waals surface area contributed by atoms with Gasteiger partial charge in [-0.05, 0) is 37.5 Å². The van der Waals surface area contributed by atoms with Crippen molar-refractivity contribution in [2.75, 3.05) is 12.9 Å². The second-order valence-corrected chi connectivity index (χ2v) is 6.69. The first-order chi connectivity index (χ1) is 10.2. The molecule has 1 fully saturated rings. The Hall–Kier alpha value is -1.20. The van der Waals surface area contributed by atoms with Gasteiger partial charge in [-0.1, -0.05) is 30.3 Å². The molecule has 0 unspecified atom stereocenters. The molecule has 116 valence electrons. The Morgan fingerprint density at radius 3 is 2.76 bits per heavy atom. The summed E-state index contributed by atoms with van der Waals surface area (Å²) >= 11 is 1.87. The number of carbonyl (C=O) groups excluding carboxylic acids is 1.